The average Bonchev–Trinajstić information content (AvgIpc) is 1.97. The maximum Gasteiger partial charge on any atom is 0.0480 e. The smallest absolute Gasteiger partial charge is 0.0480 e. The third-order valence-corrected chi connectivity index (χ3v) is 1.59. The molecule has 0 aromatic rings. The zero-order chi connectivity index (χ0) is 9.40. The van der Waals surface area contributed by atoms with E-state index in [0.29, 0.717) is 0 Å². The van der Waals surface area contributed by atoms with Crippen molar-refractivity contribution in [1.82, 2.24) is 0 Å². The SMILES string of the molecule is C=C(C)CC(N)CCOCCC. The molecule has 12 heavy (non-hydrogen) atoms. The van der Waals surface area contributed by atoms with Gasteiger partial charge in [0.05, 0.1) is 0 Å². The van der Waals surface area contributed by atoms with Crippen LogP contribution in [0.2, 0.25) is 0 Å². The quantitative estimate of drug-likeness (QED) is 0.470. The highest BCUT2D eigenvalue weighted by molar-refractivity contribution is 4.91. The molecule has 2 N–H and O–H groups in total. The standard InChI is InChI=1S/C10H21NO/c1-4-6-12-7-5-10(11)8-9(2)3/h10H,2,4-8,11H2,1,3H3. The second kappa shape index (κ2) is 7.32. The van der Waals surface area contributed by atoms with Crippen molar-refractivity contribution >= 4 is 0 Å². The zero-order valence-corrected chi connectivity index (χ0v) is 8.31. The zero-order valence-electron chi connectivity index (χ0n) is 8.31. The highest BCUT2D eigenvalue weighted by atomic mass is 16.5. The van der Waals surface area contributed by atoms with Gasteiger partial charge >= 0.3 is 0 Å². The largest absolute Gasteiger partial charge is 0.381 e. The van der Waals surface area contributed by atoms with E-state index in [4.69, 9.17) is 10.5 Å². The van der Waals surface area contributed by atoms with Gasteiger partial charge in [-0.2, -0.15) is 0 Å². The normalized spacial score (nSPS) is 12.9. The van der Waals surface area contributed by atoms with Gasteiger partial charge in [-0.05, 0) is 26.2 Å². The van der Waals surface area contributed by atoms with Gasteiger partial charge in [-0.15, -0.1) is 6.58 Å². The van der Waals surface area contributed by atoms with E-state index in [2.05, 4.69) is 13.5 Å². The molecule has 2 nitrogen and oxygen atoms in total. The van der Waals surface area contributed by atoms with E-state index in [1.165, 1.54) is 0 Å². The fourth-order valence-electron chi connectivity index (χ4n) is 1.03. The Balaban J connectivity index is 3.19. The maximum absolute atomic E-state index is 5.82. The van der Waals surface area contributed by atoms with E-state index in [1.54, 1.807) is 0 Å². The predicted octanol–water partition coefficient (Wildman–Crippen LogP) is 2.10. The molecule has 0 aromatic carbocycles. The van der Waals surface area contributed by atoms with Gasteiger partial charge in [-0.3, -0.25) is 0 Å². The van der Waals surface area contributed by atoms with Crippen LogP contribution in [0.15, 0.2) is 12.2 Å². The van der Waals surface area contributed by atoms with Crippen LogP contribution in [0.3, 0.4) is 0 Å². The van der Waals surface area contributed by atoms with Crippen molar-refractivity contribution in [1.29, 1.82) is 0 Å². The van der Waals surface area contributed by atoms with Crippen molar-refractivity contribution in [2.24, 2.45) is 5.73 Å². The third-order valence-electron chi connectivity index (χ3n) is 1.59. The molecule has 0 aromatic heterocycles. The third kappa shape index (κ3) is 7.76. The van der Waals surface area contributed by atoms with Gasteiger partial charge in [0.15, 0.2) is 0 Å². The molecule has 0 saturated heterocycles. The van der Waals surface area contributed by atoms with E-state index in [0.717, 1.165) is 38.0 Å². The Kier molecular flexibility index (Phi) is 7.11. The maximum atomic E-state index is 5.82. The minimum absolute atomic E-state index is 0.222. The summed E-state index contributed by atoms with van der Waals surface area (Å²) in [5.74, 6) is 0. The van der Waals surface area contributed by atoms with E-state index in [1.807, 2.05) is 6.92 Å². The van der Waals surface area contributed by atoms with Crippen LogP contribution in [-0.4, -0.2) is 19.3 Å². The van der Waals surface area contributed by atoms with Crippen LogP contribution in [0.25, 0.3) is 0 Å². The topological polar surface area (TPSA) is 35.2 Å². The first-order chi connectivity index (χ1) is 5.66. The van der Waals surface area contributed by atoms with Gasteiger partial charge in [-0.1, -0.05) is 12.5 Å². The van der Waals surface area contributed by atoms with Gasteiger partial charge in [0.25, 0.3) is 0 Å². The van der Waals surface area contributed by atoms with E-state index < -0.39 is 0 Å². The fourth-order valence-corrected chi connectivity index (χ4v) is 1.03. The van der Waals surface area contributed by atoms with Gasteiger partial charge in [0.1, 0.15) is 0 Å². The fraction of sp³-hybridized carbons (Fsp3) is 0.800. The highest BCUT2D eigenvalue weighted by Crippen LogP contribution is 2.02. The highest BCUT2D eigenvalue weighted by Gasteiger charge is 2.01. The lowest BCUT2D eigenvalue weighted by atomic mass is 10.1. The summed E-state index contributed by atoms with van der Waals surface area (Å²) < 4.78 is 5.33. The second-order valence-electron chi connectivity index (χ2n) is 3.32. The molecule has 2 heteroatoms. The summed E-state index contributed by atoms with van der Waals surface area (Å²) in [5.41, 5.74) is 6.97. The Morgan fingerprint density at radius 2 is 2.17 bits per heavy atom. The van der Waals surface area contributed by atoms with Crippen molar-refractivity contribution in [3.63, 3.8) is 0 Å². The molecule has 1 atom stereocenters. The predicted molar refractivity (Wildman–Crippen MR) is 53.1 cm³/mol. The molecule has 0 heterocycles. The van der Waals surface area contributed by atoms with Gasteiger partial charge in [0.2, 0.25) is 0 Å². The molecule has 72 valence electrons. The first kappa shape index (κ1) is 11.7. The average molecular weight is 171 g/mol. The lowest BCUT2D eigenvalue weighted by Gasteiger charge is -2.10. The van der Waals surface area contributed by atoms with Crippen molar-refractivity contribution in [2.45, 2.75) is 39.2 Å². The lowest BCUT2D eigenvalue weighted by molar-refractivity contribution is 0.127. The van der Waals surface area contributed by atoms with Crippen molar-refractivity contribution in [3.05, 3.63) is 12.2 Å². The van der Waals surface area contributed by atoms with E-state index >= 15 is 0 Å². The summed E-state index contributed by atoms with van der Waals surface area (Å²) in [6, 6.07) is 0.222. The van der Waals surface area contributed by atoms with Crippen LogP contribution >= 0.6 is 0 Å². The lowest BCUT2D eigenvalue weighted by Crippen LogP contribution is -2.22. The van der Waals surface area contributed by atoms with Gasteiger partial charge < -0.3 is 10.5 Å². The number of nitrogens with two attached hydrogens (primary N) is 1. The van der Waals surface area contributed by atoms with Gasteiger partial charge in [0, 0.05) is 19.3 Å². The molecule has 0 rings (SSSR count). The number of hydrogen-bond donors (Lipinski definition) is 1. The minimum Gasteiger partial charge on any atom is -0.381 e. The van der Waals surface area contributed by atoms with Crippen LogP contribution in [0.4, 0.5) is 0 Å². The van der Waals surface area contributed by atoms with Gasteiger partial charge in [-0.25, -0.2) is 0 Å². The first-order valence-corrected chi connectivity index (χ1v) is 4.64. The summed E-state index contributed by atoms with van der Waals surface area (Å²) in [7, 11) is 0. The Hall–Kier alpha value is -0.340. The minimum atomic E-state index is 0.222. The molecule has 0 amide bonds. The Bertz CT molecular complexity index is 123. The van der Waals surface area contributed by atoms with Crippen molar-refractivity contribution in [3.8, 4) is 0 Å². The Morgan fingerprint density at radius 1 is 1.50 bits per heavy atom. The number of rotatable bonds is 7. The number of ether oxygens (including phenoxy) is 1. The van der Waals surface area contributed by atoms with Crippen molar-refractivity contribution in [2.75, 3.05) is 13.2 Å². The summed E-state index contributed by atoms with van der Waals surface area (Å²) in [6.07, 6.45) is 2.93. The molecule has 0 aliphatic carbocycles. The van der Waals surface area contributed by atoms with Crippen LogP contribution in [0.1, 0.15) is 33.1 Å². The summed E-state index contributed by atoms with van der Waals surface area (Å²) in [6.45, 7) is 9.56. The van der Waals surface area contributed by atoms with Crippen molar-refractivity contribution < 1.29 is 4.74 Å². The molecule has 1 unspecified atom stereocenters. The summed E-state index contributed by atoms with van der Waals surface area (Å²) in [5, 5.41) is 0. The molecular formula is C10H21NO. The monoisotopic (exact) mass is 171 g/mol. The second-order valence-corrected chi connectivity index (χ2v) is 3.32. The molecular weight excluding hydrogens is 150 g/mol. The Labute approximate surface area is 75.8 Å². The van der Waals surface area contributed by atoms with Crippen LogP contribution in [0, 0.1) is 0 Å². The molecule has 0 bridgehead atoms. The number of hydrogen-bond acceptors (Lipinski definition) is 2. The van der Waals surface area contributed by atoms with E-state index in [-0.39, 0.29) is 6.04 Å². The molecule has 0 spiro atoms. The molecule has 0 saturated carbocycles. The Morgan fingerprint density at radius 3 is 2.67 bits per heavy atom. The molecule has 0 radical (unpaired) electrons. The molecule has 0 aliphatic heterocycles. The molecule has 0 fully saturated rings. The summed E-state index contributed by atoms with van der Waals surface area (Å²) >= 11 is 0. The van der Waals surface area contributed by atoms with Crippen LogP contribution in [-0.2, 0) is 4.74 Å². The van der Waals surface area contributed by atoms with E-state index in [9.17, 15) is 0 Å². The molecule has 0 aliphatic rings. The first-order valence-electron chi connectivity index (χ1n) is 4.64. The van der Waals surface area contributed by atoms with Crippen LogP contribution < -0.4 is 5.73 Å². The summed E-state index contributed by atoms with van der Waals surface area (Å²) in [4.78, 5) is 0. The van der Waals surface area contributed by atoms with Crippen LogP contribution in [0.5, 0.6) is 0 Å².